The van der Waals surface area contributed by atoms with Gasteiger partial charge in [-0.25, -0.2) is 4.79 Å². The van der Waals surface area contributed by atoms with E-state index in [0.29, 0.717) is 11.3 Å². The number of hydrogen-bond acceptors (Lipinski definition) is 7. The van der Waals surface area contributed by atoms with Gasteiger partial charge in [0.2, 0.25) is 5.76 Å². The lowest BCUT2D eigenvalue weighted by atomic mass is 10.1. The van der Waals surface area contributed by atoms with Gasteiger partial charge in [-0.15, -0.1) is 0 Å². The molecule has 22 heavy (non-hydrogen) atoms. The summed E-state index contributed by atoms with van der Waals surface area (Å²) in [6.45, 7) is -0.500. The summed E-state index contributed by atoms with van der Waals surface area (Å²) >= 11 is 0. The summed E-state index contributed by atoms with van der Waals surface area (Å²) in [6, 6.07) is 8.41. The van der Waals surface area contributed by atoms with Crippen molar-refractivity contribution in [3.63, 3.8) is 0 Å². The van der Waals surface area contributed by atoms with Crippen LogP contribution < -0.4 is 4.74 Å². The maximum atomic E-state index is 11.8. The van der Waals surface area contributed by atoms with Gasteiger partial charge in [-0.2, -0.15) is 0 Å². The molecule has 114 valence electrons. The van der Waals surface area contributed by atoms with Gasteiger partial charge in [-0.3, -0.25) is 14.9 Å². The first-order valence-corrected chi connectivity index (χ1v) is 6.10. The van der Waals surface area contributed by atoms with Crippen molar-refractivity contribution >= 4 is 17.6 Å². The molecule has 2 rings (SSSR count). The maximum absolute atomic E-state index is 11.8. The van der Waals surface area contributed by atoms with Crippen LogP contribution >= 0.6 is 0 Å². The number of nitrogens with zero attached hydrogens (tertiary/aromatic N) is 1. The highest BCUT2D eigenvalue weighted by Gasteiger charge is 2.19. The van der Waals surface area contributed by atoms with E-state index in [2.05, 4.69) is 4.42 Å². The predicted molar refractivity (Wildman–Crippen MR) is 73.0 cm³/mol. The highest BCUT2D eigenvalue weighted by Crippen LogP contribution is 2.16. The normalized spacial score (nSPS) is 10.0. The fraction of sp³-hybridized carbons (Fsp3) is 0.143. The Hall–Kier alpha value is -3.16. The number of Topliss-reactive ketones (excluding diaryl/α,β-unsaturated/α-hetero) is 1. The molecule has 0 unspecified atom stereocenters. The Morgan fingerprint density at radius 1 is 1.18 bits per heavy atom. The van der Waals surface area contributed by atoms with Crippen LogP contribution in [0.25, 0.3) is 0 Å². The van der Waals surface area contributed by atoms with Crippen LogP contribution in [0.15, 0.2) is 40.8 Å². The topological polar surface area (TPSA) is 109 Å². The molecule has 0 aliphatic carbocycles. The van der Waals surface area contributed by atoms with E-state index in [4.69, 9.17) is 9.47 Å². The summed E-state index contributed by atoms with van der Waals surface area (Å²) in [5.41, 5.74) is 0.346. The molecule has 0 bridgehead atoms. The van der Waals surface area contributed by atoms with Gasteiger partial charge in [0.15, 0.2) is 12.4 Å². The molecular weight excluding hydrogens is 294 g/mol. The first kappa shape index (κ1) is 15.2. The van der Waals surface area contributed by atoms with Crippen molar-refractivity contribution in [3.8, 4) is 5.75 Å². The number of esters is 1. The number of hydrogen-bond donors (Lipinski definition) is 0. The fourth-order valence-electron chi connectivity index (χ4n) is 1.60. The Morgan fingerprint density at radius 3 is 2.41 bits per heavy atom. The minimum absolute atomic E-state index is 0.339. The van der Waals surface area contributed by atoms with Crippen LogP contribution in [-0.4, -0.2) is 30.4 Å². The summed E-state index contributed by atoms with van der Waals surface area (Å²) in [6.07, 6.45) is 0. The standard InChI is InChI=1S/C14H11NO7/c1-20-10-4-2-9(3-5-10)11(16)8-21-14(17)12-6-7-13(22-12)15(18)19/h2-7H,8H2,1H3. The number of carbonyl (C=O) groups is 2. The molecule has 2 aromatic rings. The van der Waals surface area contributed by atoms with E-state index >= 15 is 0 Å². The van der Waals surface area contributed by atoms with Crippen molar-refractivity contribution < 1.29 is 28.4 Å². The molecule has 0 N–H and O–H groups in total. The molecule has 0 atom stereocenters. The van der Waals surface area contributed by atoms with Crippen LogP contribution in [0.4, 0.5) is 5.88 Å². The average Bonchev–Trinajstić information content (AvgIpc) is 3.02. The smallest absolute Gasteiger partial charge is 0.433 e. The molecule has 8 heteroatoms. The van der Waals surface area contributed by atoms with Gasteiger partial charge in [0.25, 0.3) is 0 Å². The van der Waals surface area contributed by atoms with Gasteiger partial charge in [0.1, 0.15) is 10.7 Å². The van der Waals surface area contributed by atoms with Gasteiger partial charge in [0.05, 0.1) is 13.2 Å². The molecule has 0 aliphatic rings. The molecule has 1 aromatic heterocycles. The molecule has 0 aliphatic heterocycles. The molecule has 0 saturated carbocycles. The number of rotatable bonds is 6. The average molecular weight is 305 g/mol. The first-order chi connectivity index (χ1) is 10.5. The number of furan rings is 1. The molecule has 0 saturated heterocycles. The van der Waals surface area contributed by atoms with Crippen molar-refractivity contribution in [2.75, 3.05) is 13.7 Å². The SMILES string of the molecule is COc1ccc(C(=O)COC(=O)c2ccc([N+](=O)[O-])o2)cc1. The van der Waals surface area contributed by atoms with Gasteiger partial charge in [0, 0.05) is 5.56 Å². The van der Waals surface area contributed by atoms with Crippen LogP contribution in [0.1, 0.15) is 20.9 Å². The lowest BCUT2D eigenvalue weighted by Crippen LogP contribution is -2.13. The fourth-order valence-corrected chi connectivity index (χ4v) is 1.60. The van der Waals surface area contributed by atoms with Crippen molar-refractivity contribution in [2.45, 2.75) is 0 Å². The van der Waals surface area contributed by atoms with Crippen molar-refractivity contribution in [1.29, 1.82) is 0 Å². The third kappa shape index (κ3) is 3.48. The van der Waals surface area contributed by atoms with Crippen LogP contribution in [0.3, 0.4) is 0 Å². The summed E-state index contributed by atoms with van der Waals surface area (Å²) in [5.74, 6) is -1.69. The number of methoxy groups -OCH3 is 1. The minimum atomic E-state index is -0.949. The molecule has 0 fully saturated rings. The summed E-state index contributed by atoms with van der Waals surface area (Å²) < 4.78 is 14.4. The van der Waals surface area contributed by atoms with Crippen LogP contribution in [0, 0.1) is 10.1 Å². The third-order valence-electron chi connectivity index (χ3n) is 2.72. The van der Waals surface area contributed by atoms with E-state index in [1.165, 1.54) is 19.2 Å². The Labute approximate surface area is 124 Å². The van der Waals surface area contributed by atoms with Gasteiger partial charge < -0.3 is 13.9 Å². The largest absolute Gasteiger partial charge is 0.497 e. The van der Waals surface area contributed by atoms with Gasteiger partial charge in [-0.1, -0.05) is 0 Å². The van der Waals surface area contributed by atoms with Crippen LogP contribution in [-0.2, 0) is 4.74 Å². The van der Waals surface area contributed by atoms with E-state index in [1.807, 2.05) is 0 Å². The number of benzene rings is 1. The molecule has 0 spiro atoms. The first-order valence-electron chi connectivity index (χ1n) is 6.10. The van der Waals surface area contributed by atoms with E-state index in [9.17, 15) is 19.7 Å². The van der Waals surface area contributed by atoms with Gasteiger partial charge >= 0.3 is 11.9 Å². The quantitative estimate of drug-likeness (QED) is 0.348. The van der Waals surface area contributed by atoms with E-state index in [0.717, 1.165) is 12.1 Å². The number of nitro groups is 1. The van der Waals surface area contributed by atoms with E-state index in [1.54, 1.807) is 12.1 Å². The second kappa shape index (κ2) is 6.53. The summed E-state index contributed by atoms with van der Waals surface area (Å²) in [5, 5.41) is 10.4. The molecular formula is C14H11NO7. The third-order valence-corrected chi connectivity index (χ3v) is 2.72. The number of ketones is 1. The zero-order valence-corrected chi connectivity index (χ0v) is 11.5. The highest BCUT2D eigenvalue weighted by molar-refractivity contribution is 5.99. The minimum Gasteiger partial charge on any atom is -0.497 e. The Morgan fingerprint density at radius 2 is 1.86 bits per heavy atom. The zero-order chi connectivity index (χ0) is 16.1. The zero-order valence-electron chi connectivity index (χ0n) is 11.5. The van der Waals surface area contributed by atoms with Crippen LogP contribution in [0.5, 0.6) is 5.75 Å². The molecule has 8 nitrogen and oxygen atoms in total. The highest BCUT2D eigenvalue weighted by atomic mass is 16.7. The Kier molecular flexibility index (Phi) is 4.52. The lowest BCUT2D eigenvalue weighted by Gasteiger charge is -2.03. The van der Waals surface area contributed by atoms with Crippen molar-refractivity contribution in [3.05, 3.63) is 57.8 Å². The second-order valence-corrected chi connectivity index (χ2v) is 4.12. The number of ether oxygens (including phenoxy) is 2. The molecule has 0 radical (unpaired) electrons. The van der Waals surface area contributed by atoms with Crippen molar-refractivity contribution in [1.82, 2.24) is 0 Å². The van der Waals surface area contributed by atoms with E-state index < -0.39 is 29.2 Å². The lowest BCUT2D eigenvalue weighted by molar-refractivity contribution is -0.402. The molecule has 1 aromatic carbocycles. The molecule has 1 heterocycles. The number of carbonyl (C=O) groups excluding carboxylic acids is 2. The second-order valence-electron chi connectivity index (χ2n) is 4.12. The Balaban J connectivity index is 1.94. The predicted octanol–water partition coefficient (Wildman–Crippen LogP) is 2.24. The summed E-state index contributed by atoms with van der Waals surface area (Å²) in [4.78, 5) is 33.1. The van der Waals surface area contributed by atoms with Gasteiger partial charge in [-0.05, 0) is 30.3 Å². The Bertz CT molecular complexity index is 702. The van der Waals surface area contributed by atoms with Crippen LogP contribution in [0.2, 0.25) is 0 Å². The van der Waals surface area contributed by atoms with E-state index in [-0.39, 0.29) is 5.76 Å². The monoisotopic (exact) mass is 305 g/mol. The molecule has 0 amide bonds. The maximum Gasteiger partial charge on any atom is 0.433 e. The summed E-state index contributed by atoms with van der Waals surface area (Å²) in [7, 11) is 1.50. The van der Waals surface area contributed by atoms with Crippen molar-refractivity contribution in [2.24, 2.45) is 0 Å².